The summed E-state index contributed by atoms with van der Waals surface area (Å²) in [7, 11) is 0. The van der Waals surface area contributed by atoms with Crippen LogP contribution in [0.3, 0.4) is 0 Å². The number of piperazine rings is 3. The summed E-state index contributed by atoms with van der Waals surface area (Å²) in [5.74, 6) is 2.26. The minimum atomic E-state index is -0.341. The number of allylic oxidation sites excluding steroid dienone is 1. The monoisotopic (exact) mass is 1370 g/mol. The SMILES string of the molecule is C=C1CCCN1C(C)C.C=C1CN(C(C)C)CC(=O)N1.C=C1CN(C(C)C)CCN1.C=C1NCCN1C(C)C.CC(=O)[C@@H]1CCCN1C(C)C.CC(=O)[C@@H]1C[C@@H](O)CN1C(C)C.CC(=O)[C@H]1CCCN1C(C)C.CC(=O)[C@H]1C[C@H](O)CN1C(C)C.CC(C)N1CCNC(=O)C1(C)C. The van der Waals surface area contributed by atoms with Crippen LogP contribution < -0.4 is 21.3 Å². The van der Waals surface area contributed by atoms with Crippen LogP contribution in [0.4, 0.5) is 0 Å². The minimum Gasteiger partial charge on any atom is -0.392 e. The van der Waals surface area contributed by atoms with Crippen LogP contribution in [0.1, 0.15) is 218 Å². The number of likely N-dealkylation sites (tertiary alicyclic amines) is 5. The van der Waals surface area contributed by atoms with E-state index in [2.05, 4.69) is 189 Å². The third-order valence-corrected chi connectivity index (χ3v) is 19.5. The van der Waals surface area contributed by atoms with Gasteiger partial charge in [0.25, 0.3) is 0 Å². The first-order valence-electron chi connectivity index (χ1n) is 36.9. The number of rotatable bonds is 13. The van der Waals surface area contributed by atoms with Gasteiger partial charge in [0.15, 0.2) is 0 Å². The average Bonchev–Trinajstić information content (AvgIpc) is 1.81. The number of carbonyl (C=O) groups excluding carboxylic acids is 6. The predicted octanol–water partition coefficient (Wildman–Crippen LogP) is 8.27. The van der Waals surface area contributed by atoms with Crippen LogP contribution in [0.2, 0.25) is 0 Å². The summed E-state index contributed by atoms with van der Waals surface area (Å²) < 4.78 is 0. The van der Waals surface area contributed by atoms with E-state index in [0.717, 1.165) is 95.5 Å². The maximum atomic E-state index is 11.5. The smallest absolute Gasteiger partial charge is 0.240 e. The van der Waals surface area contributed by atoms with Crippen molar-refractivity contribution in [3.8, 4) is 0 Å². The van der Waals surface area contributed by atoms with Crippen molar-refractivity contribution in [2.75, 3.05) is 91.6 Å². The largest absolute Gasteiger partial charge is 0.392 e. The number of nitrogens with zero attached hydrogens (tertiary/aromatic N) is 9. The fourth-order valence-electron chi connectivity index (χ4n) is 14.0. The molecule has 0 aromatic rings. The lowest BCUT2D eigenvalue weighted by Gasteiger charge is -2.43. The Morgan fingerprint density at radius 2 is 0.856 bits per heavy atom. The van der Waals surface area contributed by atoms with Gasteiger partial charge in [-0.15, -0.1) is 0 Å². The molecule has 21 heteroatoms. The van der Waals surface area contributed by atoms with E-state index in [0.29, 0.717) is 98.4 Å². The summed E-state index contributed by atoms with van der Waals surface area (Å²) in [6.07, 6.45) is 7.57. The van der Waals surface area contributed by atoms with E-state index in [4.69, 9.17) is 0 Å². The van der Waals surface area contributed by atoms with Crippen LogP contribution in [0.5, 0.6) is 0 Å². The Balaban J connectivity index is 0.000000546. The maximum absolute atomic E-state index is 11.5. The molecule has 2 amide bonds. The van der Waals surface area contributed by atoms with Gasteiger partial charge in [-0.1, -0.05) is 26.3 Å². The van der Waals surface area contributed by atoms with Crippen LogP contribution in [-0.2, 0) is 28.8 Å². The molecule has 562 valence electrons. The summed E-state index contributed by atoms with van der Waals surface area (Å²) in [6, 6.07) is 4.80. The summed E-state index contributed by atoms with van der Waals surface area (Å²) in [6.45, 7) is 77.5. The molecule has 9 fully saturated rings. The predicted molar refractivity (Wildman–Crippen MR) is 401 cm³/mol. The highest BCUT2D eigenvalue weighted by Crippen LogP contribution is 2.25. The molecule has 6 atom stereocenters. The molecule has 97 heavy (non-hydrogen) atoms. The Labute approximate surface area is 591 Å². The molecule has 21 nitrogen and oxygen atoms in total. The zero-order valence-electron chi connectivity index (χ0n) is 65.9. The van der Waals surface area contributed by atoms with Gasteiger partial charge in [-0.3, -0.25) is 63.1 Å². The number of ketones is 4. The molecular weight excluding hydrogens is 1220 g/mol. The number of aliphatic hydroxyl groups is 2. The summed E-state index contributed by atoms with van der Waals surface area (Å²) in [5.41, 5.74) is 2.94. The fraction of sp³-hybridized carbons (Fsp3) is 0.816. The normalized spacial score (nSPS) is 24.9. The standard InChI is InChI=1S/C9H18N2O.2C9H17NO2.2C9H17NO.C8H14N2O.C8H16N2.C8H15N.C7H14N2/c1-7(2)11-6-5-10-8(12)9(11,3)4;2*1-6(2)10-5-8(12)4-9(10)7(3)11;2*1-7(2)10-6-4-5-9(10)8(3)11;1-6(2)10-4-7(3)9-8(11)5-10;1-7(2)10-5-4-9-8(3)6-10;1-7(2)9-6-4-5-8(9)3;1-6(2)9-5-4-8-7(9)3/h7H,5-6H2,1-4H3,(H,10,12);2*6,8-9,12H,4-5H2,1-3H3;2*7,9H,4-6H2,1-3H3;6H,3-5H2,1-2H3,(H,9,11);7,9H,3-6H2,1-2H3;7H,3-6H2,1-2H3;6,8H,3-5H2,1-2H3/t;2*8-,9+;2*9-;;;;/m.1010..../s1. The number of aliphatic hydroxyl groups excluding tert-OH is 2. The van der Waals surface area contributed by atoms with Crippen LogP contribution >= 0.6 is 0 Å². The molecule has 9 aliphatic rings. The van der Waals surface area contributed by atoms with E-state index < -0.39 is 0 Å². The first kappa shape index (κ1) is 90.4. The van der Waals surface area contributed by atoms with Gasteiger partial charge in [0.1, 0.15) is 23.1 Å². The number of hydrogen-bond donors (Lipinski definition) is 6. The van der Waals surface area contributed by atoms with Gasteiger partial charge in [0, 0.05) is 143 Å². The fourth-order valence-corrected chi connectivity index (χ4v) is 14.0. The number of nitrogens with one attached hydrogen (secondary N) is 4. The van der Waals surface area contributed by atoms with Crippen molar-refractivity contribution in [3.05, 3.63) is 49.2 Å². The van der Waals surface area contributed by atoms with Crippen LogP contribution in [0.25, 0.3) is 0 Å². The molecule has 0 spiro atoms. The second kappa shape index (κ2) is 44.6. The van der Waals surface area contributed by atoms with Gasteiger partial charge in [-0.25, -0.2) is 0 Å². The van der Waals surface area contributed by atoms with Crippen molar-refractivity contribution in [3.63, 3.8) is 0 Å². The maximum Gasteiger partial charge on any atom is 0.240 e. The molecule has 0 saturated carbocycles. The summed E-state index contributed by atoms with van der Waals surface area (Å²) in [5, 5.41) is 30.7. The number of β-amino-alcohol motifs (C(OH)–C–C–N with tert-alkyl or cyclic N) is 2. The molecule has 0 unspecified atom stereocenters. The van der Waals surface area contributed by atoms with Crippen molar-refractivity contribution < 1.29 is 39.0 Å². The van der Waals surface area contributed by atoms with Gasteiger partial charge in [-0.05, 0) is 231 Å². The number of amides is 2. The Hall–Kier alpha value is -4.58. The van der Waals surface area contributed by atoms with Crippen molar-refractivity contribution in [1.29, 1.82) is 0 Å². The van der Waals surface area contributed by atoms with Gasteiger partial charge < -0.3 is 41.3 Å². The topological polar surface area (TPSA) is 220 Å². The van der Waals surface area contributed by atoms with E-state index in [9.17, 15) is 39.0 Å². The highest BCUT2D eigenvalue weighted by Gasteiger charge is 2.39. The first-order chi connectivity index (χ1) is 45.0. The van der Waals surface area contributed by atoms with Crippen molar-refractivity contribution in [2.24, 2.45) is 0 Å². The number of Topliss-reactive ketones (excluding diaryl/α,β-unsaturated/α-hetero) is 4. The van der Waals surface area contributed by atoms with Gasteiger partial charge >= 0.3 is 0 Å². The third kappa shape index (κ3) is 31.9. The summed E-state index contributed by atoms with van der Waals surface area (Å²) in [4.78, 5) is 87.1. The van der Waals surface area contributed by atoms with Crippen LogP contribution in [-0.4, -0.2) is 277 Å². The van der Waals surface area contributed by atoms with E-state index >= 15 is 0 Å². The molecule has 9 aliphatic heterocycles. The molecule has 0 bridgehead atoms. The van der Waals surface area contributed by atoms with Crippen LogP contribution in [0.15, 0.2) is 49.2 Å². The van der Waals surface area contributed by atoms with E-state index in [1.54, 1.807) is 27.7 Å². The van der Waals surface area contributed by atoms with E-state index in [1.165, 1.54) is 37.9 Å². The zero-order chi connectivity index (χ0) is 74.5. The van der Waals surface area contributed by atoms with E-state index in [1.807, 2.05) is 41.5 Å². The van der Waals surface area contributed by atoms with Crippen LogP contribution in [0, 0.1) is 0 Å². The highest BCUT2D eigenvalue weighted by atomic mass is 16.3. The van der Waals surface area contributed by atoms with Crippen molar-refractivity contribution >= 4 is 34.9 Å². The number of hydrogen-bond acceptors (Lipinski definition) is 19. The molecule has 9 saturated heterocycles. The minimum absolute atomic E-state index is 0.0509. The lowest BCUT2D eigenvalue weighted by molar-refractivity contribution is -0.136. The Kier molecular flexibility index (Phi) is 41.6. The van der Waals surface area contributed by atoms with Crippen molar-refractivity contribution in [1.82, 2.24) is 65.4 Å². The Morgan fingerprint density at radius 1 is 0.443 bits per heavy atom. The molecule has 0 radical (unpaired) electrons. The first-order valence-corrected chi connectivity index (χ1v) is 36.9. The van der Waals surface area contributed by atoms with E-state index in [-0.39, 0.29) is 65.3 Å². The molecule has 0 aliphatic carbocycles. The highest BCUT2D eigenvalue weighted by molar-refractivity contribution is 5.86. The van der Waals surface area contributed by atoms with Gasteiger partial charge in [-0.2, -0.15) is 0 Å². The Morgan fingerprint density at radius 3 is 1.12 bits per heavy atom. The Bertz CT molecular complexity index is 2320. The summed E-state index contributed by atoms with van der Waals surface area (Å²) >= 11 is 0. The second-order valence-electron chi connectivity index (χ2n) is 30.8. The molecule has 0 aromatic carbocycles. The zero-order valence-corrected chi connectivity index (χ0v) is 65.9. The molecule has 0 aromatic heterocycles. The molecule has 9 rings (SSSR count). The lowest BCUT2D eigenvalue weighted by Crippen LogP contribution is -2.63. The third-order valence-electron chi connectivity index (χ3n) is 19.5. The molecule has 9 heterocycles. The van der Waals surface area contributed by atoms with Gasteiger partial charge in [0.05, 0.1) is 54.3 Å². The molecular formula is C76H145N13O8. The van der Waals surface area contributed by atoms with Gasteiger partial charge in [0.2, 0.25) is 11.8 Å². The lowest BCUT2D eigenvalue weighted by atomic mass is 9.97. The average molecular weight is 1370 g/mol. The quantitative estimate of drug-likeness (QED) is 0.102. The molecule has 6 N–H and O–H groups in total. The second-order valence-corrected chi connectivity index (χ2v) is 30.8. The van der Waals surface area contributed by atoms with Crippen molar-refractivity contribution in [2.45, 2.75) is 314 Å². The number of carbonyl (C=O) groups is 6.